The molecule has 0 atom stereocenters. The summed E-state index contributed by atoms with van der Waals surface area (Å²) in [5, 5.41) is 0. The van der Waals surface area contributed by atoms with E-state index in [4.69, 9.17) is 5.73 Å². The van der Waals surface area contributed by atoms with Gasteiger partial charge in [-0.3, -0.25) is 4.79 Å². The third-order valence-corrected chi connectivity index (χ3v) is 3.20. The molecule has 0 saturated carbocycles. The van der Waals surface area contributed by atoms with Crippen molar-refractivity contribution in [3.05, 3.63) is 35.4 Å². The van der Waals surface area contributed by atoms with Crippen molar-refractivity contribution in [3.63, 3.8) is 0 Å². The van der Waals surface area contributed by atoms with Crippen LogP contribution in [0.1, 0.15) is 15.9 Å². The molecule has 0 bridgehead atoms. The molecular formula is C13H19N3O. The molecule has 2 N–H and O–H groups in total. The van der Waals surface area contributed by atoms with Crippen molar-refractivity contribution in [3.8, 4) is 0 Å². The van der Waals surface area contributed by atoms with Gasteiger partial charge in [-0.25, -0.2) is 0 Å². The van der Waals surface area contributed by atoms with Crippen LogP contribution < -0.4 is 5.73 Å². The highest BCUT2D eigenvalue weighted by molar-refractivity contribution is 5.94. The molecule has 0 radical (unpaired) electrons. The van der Waals surface area contributed by atoms with Crippen LogP contribution in [0.25, 0.3) is 0 Å². The highest BCUT2D eigenvalue weighted by atomic mass is 16.2. The first-order chi connectivity index (χ1) is 8.20. The summed E-state index contributed by atoms with van der Waals surface area (Å²) >= 11 is 0. The second kappa shape index (κ2) is 5.29. The summed E-state index contributed by atoms with van der Waals surface area (Å²) in [5.74, 6) is 0.119. The van der Waals surface area contributed by atoms with Crippen LogP contribution >= 0.6 is 0 Å². The van der Waals surface area contributed by atoms with Crippen LogP contribution in [-0.4, -0.2) is 48.9 Å². The predicted octanol–water partition coefficient (Wildman–Crippen LogP) is 0.533. The normalized spacial score (nSPS) is 17.2. The Bertz CT molecular complexity index is 397. The van der Waals surface area contributed by atoms with Crippen LogP contribution in [0.5, 0.6) is 0 Å². The lowest BCUT2D eigenvalue weighted by Crippen LogP contribution is -2.47. The van der Waals surface area contributed by atoms with Gasteiger partial charge in [0.1, 0.15) is 0 Å². The summed E-state index contributed by atoms with van der Waals surface area (Å²) in [4.78, 5) is 16.4. The minimum absolute atomic E-state index is 0.119. The molecule has 1 saturated heterocycles. The van der Waals surface area contributed by atoms with Crippen molar-refractivity contribution in [2.24, 2.45) is 5.73 Å². The fourth-order valence-electron chi connectivity index (χ4n) is 2.02. The quantitative estimate of drug-likeness (QED) is 0.811. The van der Waals surface area contributed by atoms with E-state index >= 15 is 0 Å². The Morgan fingerprint density at radius 2 is 2.00 bits per heavy atom. The number of hydrogen-bond donors (Lipinski definition) is 1. The Hall–Kier alpha value is -1.39. The molecule has 2 rings (SSSR count). The van der Waals surface area contributed by atoms with Gasteiger partial charge in [0, 0.05) is 38.3 Å². The van der Waals surface area contributed by atoms with Gasteiger partial charge in [0.2, 0.25) is 0 Å². The molecule has 17 heavy (non-hydrogen) atoms. The van der Waals surface area contributed by atoms with Gasteiger partial charge in [-0.1, -0.05) is 12.1 Å². The van der Waals surface area contributed by atoms with E-state index < -0.39 is 0 Å². The zero-order chi connectivity index (χ0) is 12.3. The third kappa shape index (κ3) is 2.84. The maximum atomic E-state index is 12.2. The number of likely N-dealkylation sites (N-methyl/N-ethyl adjacent to an activating group) is 1. The van der Waals surface area contributed by atoms with Gasteiger partial charge in [-0.05, 0) is 24.7 Å². The molecule has 0 spiro atoms. The van der Waals surface area contributed by atoms with E-state index in [9.17, 15) is 4.79 Å². The molecule has 0 aromatic heterocycles. The zero-order valence-electron chi connectivity index (χ0n) is 10.2. The summed E-state index contributed by atoms with van der Waals surface area (Å²) in [6, 6.07) is 7.59. The average Bonchev–Trinajstić information content (AvgIpc) is 2.39. The minimum Gasteiger partial charge on any atom is -0.336 e. The zero-order valence-corrected chi connectivity index (χ0v) is 10.2. The van der Waals surface area contributed by atoms with E-state index in [1.807, 2.05) is 29.2 Å². The topological polar surface area (TPSA) is 49.6 Å². The Labute approximate surface area is 102 Å². The average molecular weight is 233 g/mol. The van der Waals surface area contributed by atoms with Crippen LogP contribution in [0.4, 0.5) is 0 Å². The third-order valence-electron chi connectivity index (χ3n) is 3.20. The molecule has 1 aliphatic heterocycles. The first-order valence-electron chi connectivity index (χ1n) is 5.97. The van der Waals surface area contributed by atoms with Crippen molar-refractivity contribution < 1.29 is 4.79 Å². The van der Waals surface area contributed by atoms with Crippen molar-refractivity contribution in [2.45, 2.75) is 6.54 Å². The van der Waals surface area contributed by atoms with E-state index in [1.165, 1.54) is 0 Å². The predicted molar refractivity (Wildman–Crippen MR) is 67.7 cm³/mol. The lowest BCUT2D eigenvalue weighted by molar-refractivity contribution is 0.0664. The molecule has 1 aromatic rings. The number of benzene rings is 1. The lowest BCUT2D eigenvalue weighted by atomic mass is 10.1. The highest BCUT2D eigenvalue weighted by Gasteiger charge is 2.20. The maximum Gasteiger partial charge on any atom is 0.253 e. The van der Waals surface area contributed by atoms with Crippen molar-refractivity contribution >= 4 is 5.91 Å². The largest absolute Gasteiger partial charge is 0.336 e. The summed E-state index contributed by atoms with van der Waals surface area (Å²) in [6.45, 7) is 3.98. The molecule has 1 aliphatic rings. The second-order valence-corrected chi connectivity index (χ2v) is 4.50. The van der Waals surface area contributed by atoms with Gasteiger partial charge in [-0.2, -0.15) is 0 Å². The number of nitrogens with zero attached hydrogens (tertiary/aromatic N) is 2. The SMILES string of the molecule is CN1CCN(C(=O)c2cccc(CN)c2)CC1. The first kappa shape index (κ1) is 12.1. The van der Waals surface area contributed by atoms with E-state index in [0.717, 1.165) is 37.3 Å². The Kier molecular flexibility index (Phi) is 3.76. The summed E-state index contributed by atoms with van der Waals surface area (Å²) in [7, 11) is 2.08. The number of carbonyl (C=O) groups is 1. The van der Waals surface area contributed by atoms with Gasteiger partial charge >= 0.3 is 0 Å². The van der Waals surface area contributed by atoms with Gasteiger partial charge in [0.05, 0.1) is 0 Å². The van der Waals surface area contributed by atoms with Gasteiger partial charge in [0.25, 0.3) is 5.91 Å². The van der Waals surface area contributed by atoms with E-state index in [0.29, 0.717) is 6.54 Å². The van der Waals surface area contributed by atoms with Crippen LogP contribution in [0, 0.1) is 0 Å². The number of piperazine rings is 1. The smallest absolute Gasteiger partial charge is 0.253 e. The standard InChI is InChI=1S/C13H19N3O/c1-15-5-7-16(8-6-15)13(17)12-4-2-3-11(9-12)10-14/h2-4,9H,5-8,10,14H2,1H3. The van der Waals surface area contributed by atoms with Crippen molar-refractivity contribution in [2.75, 3.05) is 33.2 Å². The fraction of sp³-hybridized carbons (Fsp3) is 0.462. The second-order valence-electron chi connectivity index (χ2n) is 4.50. The Balaban J connectivity index is 2.08. The van der Waals surface area contributed by atoms with Crippen LogP contribution in [0.3, 0.4) is 0 Å². The number of nitrogens with two attached hydrogens (primary N) is 1. The van der Waals surface area contributed by atoms with Crippen LogP contribution in [-0.2, 0) is 6.54 Å². The molecule has 4 heteroatoms. The molecule has 0 unspecified atom stereocenters. The molecule has 4 nitrogen and oxygen atoms in total. The van der Waals surface area contributed by atoms with Crippen molar-refractivity contribution in [1.29, 1.82) is 0 Å². The van der Waals surface area contributed by atoms with Gasteiger partial charge < -0.3 is 15.5 Å². The van der Waals surface area contributed by atoms with Crippen LogP contribution in [0.2, 0.25) is 0 Å². The Morgan fingerprint density at radius 1 is 1.29 bits per heavy atom. The van der Waals surface area contributed by atoms with Crippen molar-refractivity contribution in [1.82, 2.24) is 9.80 Å². The molecule has 1 heterocycles. The number of amides is 1. The molecule has 0 aliphatic carbocycles. The molecule has 1 fully saturated rings. The molecule has 1 aromatic carbocycles. The van der Waals surface area contributed by atoms with E-state index in [1.54, 1.807) is 0 Å². The number of carbonyl (C=O) groups excluding carboxylic acids is 1. The lowest BCUT2D eigenvalue weighted by Gasteiger charge is -2.32. The monoisotopic (exact) mass is 233 g/mol. The molecule has 92 valence electrons. The van der Waals surface area contributed by atoms with E-state index in [2.05, 4.69) is 11.9 Å². The Morgan fingerprint density at radius 3 is 2.65 bits per heavy atom. The van der Waals surface area contributed by atoms with E-state index in [-0.39, 0.29) is 5.91 Å². The summed E-state index contributed by atoms with van der Waals surface area (Å²) in [6.07, 6.45) is 0. The highest BCUT2D eigenvalue weighted by Crippen LogP contribution is 2.10. The first-order valence-corrected chi connectivity index (χ1v) is 5.97. The molecule has 1 amide bonds. The fourth-order valence-corrected chi connectivity index (χ4v) is 2.02. The minimum atomic E-state index is 0.119. The van der Waals surface area contributed by atoms with Gasteiger partial charge in [-0.15, -0.1) is 0 Å². The summed E-state index contributed by atoms with van der Waals surface area (Å²) < 4.78 is 0. The molecular weight excluding hydrogens is 214 g/mol. The van der Waals surface area contributed by atoms with Crippen LogP contribution in [0.15, 0.2) is 24.3 Å². The maximum absolute atomic E-state index is 12.2. The number of rotatable bonds is 2. The summed E-state index contributed by atoms with van der Waals surface area (Å²) in [5.41, 5.74) is 7.34. The number of hydrogen-bond acceptors (Lipinski definition) is 3. The van der Waals surface area contributed by atoms with Gasteiger partial charge in [0.15, 0.2) is 0 Å².